The number of carboxylic acid groups (broad SMARTS) is 1. The lowest BCUT2D eigenvalue weighted by molar-refractivity contribution is -0.146. The van der Waals surface area contributed by atoms with Crippen LogP contribution in [-0.2, 0) is 15.0 Å². The molecular formula is C12H24N2O4S. The van der Waals surface area contributed by atoms with E-state index in [0.717, 1.165) is 17.1 Å². The van der Waals surface area contributed by atoms with Crippen LogP contribution in [0, 0.1) is 5.92 Å². The summed E-state index contributed by atoms with van der Waals surface area (Å²) in [6, 6.07) is -0.218. The lowest BCUT2D eigenvalue weighted by Crippen LogP contribution is -2.59. The Hall–Kier alpha value is -0.660. The second-order valence-electron chi connectivity index (χ2n) is 5.81. The van der Waals surface area contributed by atoms with Crippen molar-refractivity contribution >= 4 is 16.2 Å². The third kappa shape index (κ3) is 3.67. The Morgan fingerprint density at radius 1 is 1.47 bits per heavy atom. The summed E-state index contributed by atoms with van der Waals surface area (Å²) in [7, 11) is -2.33. The smallest absolute Gasteiger partial charge is 0.324 e. The van der Waals surface area contributed by atoms with Crippen LogP contribution in [0.3, 0.4) is 0 Å². The Labute approximate surface area is 115 Å². The van der Waals surface area contributed by atoms with Crippen molar-refractivity contribution in [2.24, 2.45) is 5.92 Å². The molecule has 1 rings (SSSR count). The molecule has 2 unspecified atom stereocenters. The molecule has 1 fully saturated rings. The van der Waals surface area contributed by atoms with E-state index < -0.39 is 21.7 Å². The maximum atomic E-state index is 12.2. The minimum Gasteiger partial charge on any atom is -0.480 e. The van der Waals surface area contributed by atoms with E-state index in [-0.39, 0.29) is 12.0 Å². The van der Waals surface area contributed by atoms with Gasteiger partial charge in [-0.15, -0.1) is 0 Å². The van der Waals surface area contributed by atoms with E-state index in [9.17, 15) is 18.3 Å². The molecule has 112 valence electrons. The van der Waals surface area contributed by atoms with Gasteiger partial charge in [0.25, 0.3) is 10.2 Å². The van der Waals surface area contributed by atoms with Crippen LogP contribution in [0.2, 0.25) is 0 Å². The minimum atomic E-state index is -3.78. The summed E-state index contributed by atoms with van der Waals surface area (Å²) in [5.41, 5.74) is -1.36. The quantitative estimate of drug-likeness (QED) is 0.797. The predicted molar refractivity (Wildman–Crippen MR) is 73.0 cm³/mol. The molecule has 0 aromatic rings. The van der Waals surface area contributed by atoms with Crippen molar-refractivity contribution in [1.29, 1.82) is 0 Å². The summed E-state index contributed by atoms with van der Waals surface area (Å²) in [5, 5.41) is 9.44. The fourth-order valence-electron chi connectivity index (χ4n) is 2.48. The number of hydrogen-bond acceptors (Lipinski definition) is 3. The van der Waals surface area contributed by atoms with E-state index in [4.69, 9.17) is 0 Å². The first-order chi connectivity index (χ1) is 8.61. The predicted octanol–water partition coefficient (Wildman–Crippen LogP) is 1.19. The molecule has 1 aliphatic rings. The molecule has 19 heavy (non-hydrogen) atoms. The van der Waals surface area contributed by atoms with Crippen LogP contribution in [0.4, 0.5) is 0 Å². The highest BCUT2D eigenvalue weighted by atomic mass is 32.2. The fraction of sp³-hybridized carbons (Fsp3) is 0.917. The molecule has 6 nitrogen and oxygen atoms in total. The molecule has 7 heteroatoms. The van der Waals surface area contributed by atoms with Gasteiger partial charge in [0.15, 0.2) is 0 Å². The molecule has 0 aromatic carbocycles. The first-order valence-corrected chi connectivity index (χ1v) is 8.05. The van der Waals surface area contributed by atoms with Crippen LogP contribution >= 0.6 is 0 Å². The number of nitrogens with zero attached hydrogens (tertiary/aromatic N) is 1. The third-order valence-corrected chi connectivity index (χ3v) is 5.67. The van der Waals surface area contributed by atoms with Crippen molar-refractivity contribution in [3.63, 3.8) is 0 Å². The number of carbonyl (C=O) groups is 1. The number of nitrogens with one attached hydrogen (secondary N) is 1. The lowest BCUT2D eigenvalue weighted by atomic mass is 9.77. The van der Waals surface area contributed by atoms with Crippen molar-refractivity contribution in [2.45, 2.75) is 58.0 Å². The third-order valence-electron chi connectivity index (χ3n) is 3.84. The van der Waals surface area contributed by atoms with E-state index in [1.165, 1.54) is 7.05 Å². The van der Waals surface area contributed by atoms with Gasteiger partial charge in [-0.2, -0.15) is 17.4 Å². The van der Waals surface area contributed by atoms with Gasteiger partial charge >= 0.3 is 5.97 Å². The second-order valence-corrected chi connectivity index (χ2v) is 7.54. The summed E-state index contributed by atoms with van der Waals surface area (Å²) in [6.07, 6.45) is 2.35. The molecule has 1 saturated carbocycles. The van der Waals surface area contributed by atoms with Crippen LogP contribution in [0.1, 0.15) is 46.5 Å². The highest BCUT2D eigenvalue weighted by molar-refractivity contribution is 7.87. The topological polar surface area (TPSA) is 86.7 Å². The molecule has 0 spiro atoms. The van der Waals surface area contributed by atoms with Crippen molar-refractivity contribution in [3.05, 3.63) is 0 Å². The first kappa shape index (κ1) is 16.4. The molecule has 2 N–H and O–H groups in total. The Bertz CT molecular complexity index is 435. The number of carboxylic acids is 1. The average Bonchev–Trinajstić information content (AvgIpc) is 2.26. The summed E-state index contributed by atoms with van der Waals surface area (Å²) in [5.74, 6) is -0.878. The van der Waals surface area contributed by atoms with Crippen LogP contribution in [0.5, 0.6) is 0 Å². The Balaban J connectivity index is 3.00. The monoisotopic (exact) mass is 292 g/mol. The number of rotatable bonds is 5. The van der Waals surface area contributed by atoms with E-state index in [1.807, 2.05) is 6.92 Å². The molecule has 0 radical (unpaired) electrons. The first-order valence-electron chi connectivity index (χ1n) is 6.61. The van der Waals surface area contributed by atoms with Gasteiger partial charge in [0.2, 0.25) is 0 Å². The van der Waals surface area contributed by atoms with Gasteiger partial charge in [-0.1, -0.05) is 19.8 Å². The Kier molecular flexibility index (Phi) is 4.97. The van der Waals surface area contributed by atoms with Crippen LogP contribution in [0.15, 0.2) is 0 Å². The zero-order valence-electron chi connectivity index (χ0n) is 12.0. The minimum absolute atomic E-state index is 0.205. The summed E-state index contributed by atoms with van der Waals surface area (Å²) in [6.45, 7) is 5.45. The maximum absolute atomic E-state index is 12.2. The van der Waals surface area contributed by atoms with Crippen LogP contribution < -0.4 is 4.72 Å². The standard InChI is InChI=1S/C12H24N2O4S/c1-9(2)14(4)19(17,18)13-12(11(15)16)7-5-6-10(3)8-12/h9-10,13H,5-8H2,1-4H3,(H,15,16). The molecule has 1 aliphatic carbocycles. The lowest BCUT2D eigenvalue weighted by Gasteiger charge is -2.38. The molecule has 0 aliphatic heterocycles. The zero-order valence-corrected chi connectivity index (χ0v) is 12.8. The summed E-state index contributed by atoms with van der Waals surface area (Å²) >= 11 is 0. The Morgan fingerprint density at radius 3 is 2.47 bits per heavy atom. The molecule has 0 bridgehead atoms. The van der Waals surface area contributed by atoms with Gasteiger partial charge in [0, 0.05) is 13.1 Å². The highest BCUT2D eigenvalue weighted by Crippen LogP contribution is 2.33. The fourth-order valence-corrected chi connectivity index (χ4v) is 3.94. The van der Waals surface area contributed by atoms with Crippen LogP contribution in [-0.4, -0.2) is 42.4 Å². The van der Waals surface area contributed by atoms with Gasteiger partial charge in [-0.25, -0.2) is 0 Å². The van der Waals surface area contributed by atoms with Crippen LogP contribution in [0.25, 0.3) is 0 Å². The van der Waals surface area contributed by atoms with Crippen molar-refractivity contribution < 1.29 is 18.3 Å². The number of hydrogen-bond donors (Lipinski definition) is 2. The van der Waals surface area contributed by atoms with E-state index in [2.05, 4.69) is 4.72 Å². The summed E-state index contributed by atoms with van der Waals surface area (Å²) < 4.78 is 28.0. The van der Waals surface area contributed by atoms with Gasteiger partial charge in [-0.3, -0.25) is 4.79 Å². The molecular weight excluding hydrogens is 268 g/mol. The van der Waals surface area contributed by atoms with Crippen molar-refractivity contribution in [3.8, 4) is 0 Å². The van der Waals surface area contributed by atoms with Gasteiger partial charge in [-0.05, 0) is 32.6 Å². The zero-order chi connectivity index (χ0) is 14.8. The maximum Gasteiger partial charge on any atom is 0.324 e. The largest absolute Gasteiger partial charge is 0.480 e. The Morgan fingerprint density at radius 2 is 2.05 bits per heavy atom. The SMILES string of the molecule is CC1CCCC(NS(=O)(=O)N(C)C(C)C)(C(=O)O)C1. The second kappa shape index (κ2) is 5.76. The highest BCUT2D eigenvalue weighted by Gasteiger charge is 2.45. The van der Waals surface area contributed by atoms with E-state index in [1.54, 1.807) is 13.8 Å². The van der Waals surface area contributed by atoms with Gasteiger partial charge in [0.1, 0.15) is 5.54 Å². The van der Waals surface area contributed by atoms with Gasteiger partial charge < -0.3 is 5.11 Å². The molecule has 0 heterocycles. The van der Waals surface area contributed by atoms with Gasteiger partial charge in [0.05, 0.1) is 0 Å². The van der Waals surface area contributed by atoms with Crippen molar-refractivity contribution in [2.75, 3.05) is 7.05 Å². The molecule has 0 aromatic heterocycles. The van der Waals surface area contributed by atoms with Crippen molar-refractivity contribution in [1.82, 2.24) is 9.03 Å². The number of aliphatic carboxylic acids is 1. The molecule has 0 saturated heterocycles. The normalized spacial score (nSPS) is 28.8. The van der Waals surface area contributed by atoms with E-state index >= 15 is 0 Å². The summed E-state index contributed by atoms with van der Waals surface area (Å²) in [4.78, 5) is 11.5. The molecule has 0 amide bonds. The van der Waals surface area contributed by atoms with E-state index in [0.29, 0.717) is 12.8 Å². The molecule has 2 atom stereocenters. The average molecular weight is 292 g/mol.